The Morgan fingerprint density at radius 3 is 2.80 bits per heavy atom. The van der Waals surface area contributed by atoms with Crippen molar-refractivity contribution in [3.63, 3.8) is 0 Å². The lowest BCUT2D eigenvalue weighted by Crippen LogP contribution is -2.43. The van der Waals surface area contributed by atoms with Crippen LogP contribution in [0, 0.1) is 0 Å². The number of furan rings is 1. The molecule has 1 aliphatic heterocycles. The molecule has 4 aromatic heterocycles. The summed E-state index contributed by atoms with van der Waals surface area (Å²) < 4.78 is 19.3. The van der Waals surface area contributed by atoms with Crippen LogP contribution in [0.15, 0.2) is 41.1 Å². The lowest BCUT2D eigenvalue weighted by atomic mass is 9.90. The number of imidazole rings is 1. The van der Waals surface area contributed by atoms with E-state index in [2.05, 4.69) is 20.0 Å². The first kappa shape index (κ1) is 17.7. The smallest absolute Gasteiger partial charge is 0.232 e. The molecular weight excluding hydrogens is 384 g/mol. The van der Waals surface area contributed by atoms with Gasteiger partial charge in [-0.15, -0.1) is 5.10 Å². The number of aromatic nitrogens is 4. The van der Waals surface area contributed by atoms with Crippen molar-refractivity contribution in [1.82, 2.24) is 19.6 Å². The zero-order valence-corrected chi connectivity index (χ0v) is 16.4. The Morgan fingerprint density at radius 1 is 1.10 bits per heavy atom. The summed E-state index contributed by atoms with van der Waals surface area (Å²) in [4.78, 5) is 11.3. The second kappa shape index (κ2) is 6.96. The first-order valence-corrected chi connectivity index (χ1v) is 10.2. The van der Waals surface area contributed by atoms with E-state index in [1.807, 2.05) is 24.3 Å². The highest BCUT2D eigenvalue weighted by Gasteiger charge is 2.28. The van der Waals surface area contributed by atoms with Gasteiger partial charge in [-0.2, -0.15) is 0 Å². The molecule has 0 amide bonds. The first-order chi connectivity index (χ1) is 14.7. The van der Waals surface area contributed by atoms with E-state index in [1.54, 1.807) is 16.9 Å². The molecule has 4 aromatic rings. The van der Waals surface area contributed by atoms with E-state index < -0.39 is 0 Å². The summed E-state index contributed by atoms with van der Waals surface area (Å²) >= 11 is 0. The lowest BCUT2D eigenvalue weighted by Gasteiger charge is -2.31. The average molecular weight is 406 g/mol. The largest absolute Gasteiger partial charge is 0.473 e. The summed E-state index contributed by atoms with van der Waals surface area (Å²) in [6.07, 6.45) is 5.40. The van der Waals surface area contributed by atoms with Gasteiger partial charge in [-0.25, -0.2) is 14.5 Å². The third kappa shape index (κ3) is 2.98. The number of pyridine rings is 1. The fourth-order valence-electron chi connectivity index (χ4n) is 4.06. The summed E-state index contributed by atoms with van der Waals surface area (Å²) in [6.45, 7) is 3.04. The molecule has 2 N–H and O–H groups in total. The Balaban J connectivity index is 1.38. The molecule has 0 radical (unpaired) electrons. The van der Waals surface area contributed by atoms with Gasteiger partial charge in [0.1, 0.15) is 23.2 Å². The molecule has 1 aliphatic carbocycles. The Kier molecular flexibility index (Phi) is 4.10. The second-order valence-electron chi connectivity index (χ2n) is 7.81. The van der Waals surface area contributed by atoms with Crippen LogP contribution >= 0.6 is 0 Å². The van der Waals surface area contributed by atoms with Gasteiger partial charge < -0.3 is 24.5 Å². The SMILES string of the molecule is N[C@H]1C[C@H](Oc2ccc3ncc(-c4cc5c(N6CCOCC6)nccc5o4)n3n2)C1. The van der Waals surface area contributed by atoms with Gasteiger partial charge in [-0.05, 0) is 31.0 Å². The third-order valence-corrected chi connectivity index (χ3v) is 5.74. The van der Waals surface area contributed by atoms with Crippen molar-refractivity contribution in [1.29, 1.82) is 0 Å². The molecule has 30 heavy (non-hydrogen) atoms. The number of nitrogens with zero attached hydrogens (tertiary/aromatic N) is 5. The number of anilines is 1. The molecule has 9 nitrogen and oxygen atoms in total. The highest BCUT2D eigenvalue weighted by atomic mass is 16.5. The topological polar surface area (TPSA) is 104 Å². The first-order valence-electron chi connectivity index (χ1n) is 10.2. The van der Waals surface area contributed by atoms with Gasteiger partial charge in [0.15, 0.2) is 11.4 Å². The predicted molar refractivity (Wildman–Crippen MR) is 111 cm³/mol. The number of rotatable bonds is 4. The minimum atomic E-state index is 0.130. The lowest BCUT2D eigenvalue weighted by molar-refractivity contribution is 0.0944. The van der Waals surface area contributed by atoms with Crippen molar-refractivity contribution in [2.45, 2.75) is 25.0 Å². The molecular formula is C21H22N6O3. The van der Waals surface area contributed by atoms with E-state index >= 15 is 0 Å². The number of ether oxygens (including phenoxy) is 2. The standard InChI is InChI=1S/C21H22N6O3/c22-13-9-14(10-13)29-20-2-1-19-24-12-16(27(19)25-20)18-11-15-17(30-18)3-4-23-21(15)26-5-7-28-8-6-26/h1-4,11-14H,5-10,22H2/t13-,14-. The van der Waals surface area contributed by atoms with Crippen LogP contribution in [0.2, 0.25) is 0 Å². The van der Waals surface area contributed by atoms with Crippen LogP contribution in [0.25, 0.3) is 28.1 Å². The van der Waals surface area contributed by atoms with Crippen LogP contribution in [0.4, 0.5) is 5.82 Å². The minimum Gasteiger partial charge on any atom is -0.473 e. The Bertz CT molecular complexity index is 1210. The number of nitrogens with two attached hydrogens (primary N) is 1. The van der Waals surface area contributed by atoms with Gasteiger partial charge in [-0.3, -0.25) is 0 Å². The number of hydrogen-bond acceptors (Lipinski definition) is 8. The molecule has 1 saturated carbocycles. The van der Waals surface area contributed by atoms with Crippen molar-refractivity contribution in [2.24, 2.45) is 5.73 Å². The van der Waals surface area contributed by atoms with Crippen molar-refractivity contribution < 1.29 is 13.9 Å². The molecule has 0 spiro atoms. The molecule has 2 aliphatic rings. The molecule has 154 valence electrons. The van der Waals surface area contributed by atoms with Gasteiger partial charge in [0.05, 0.1) is 24.8 Å². The molecule has 6 rings (SSSR count). The van der Waals surface area contributed by atoms with Crippen molar-refractivity contribution >= 4 is 22.4 Å². The molecule has 9 heteroatoms. The molecule has 0 bridgehead atoms. The zero-order chi connectivity index (χ0) is 20.1. The van der Waals surface area contributed by atoms with E-state index in [0.29, 0.717) is 24.9 Å². The fourth-order valence-corrected chi connectivity index (χ4v) is 4.06. The number of hydrogen-bond donors (Lipinski definition) is 1. The molecule has 5 heterocycles. The van der Waals surface area contributed by atoms with Gasteiger partial charge in [0.2, 0.25) is 5.88 Å². The van der Waals surface area contributed by atoms with Crippen LogP contribution in [0.3, 0.4) is 0 Å². The summed E-state index contributed by atoms with van der Waals surface area (Å²) in [5, 5.41) is 5.60. The monoisotopic (exact) mass is 406 g/mol. The maximum atomic E-state index is 6.16. The second-order valence-corrected chi connectivity index (χ2v) is 7.81. The molecule has 0 atom stereocenters. The highest BCUT2D eigenvalue weighted by molar-refractivity contribution is 5.92. The maximum absolute atomic E-state index is 6.16. The van der Waals surface area contributed by atoms with Crippen LogP contribution < -0.4 is 15.4 Å². The van der Waals surface area contributed by atoms with Crippen molar-refractivity contribution in [3.05, 3.63) is 36.7 Å². The number of morpholine rings is 1. The quantitative estimate of drug-likeness (QED) is 0.550. The van der Waals surface area contributed by atoms with Gasteiger partial charge in [0.25, 0.3) is 0 Å². The molecule has 0 aromatic carbocycles. The van der Waals surface area contributed by atoms with E-state index in [9.17, 15) is 0 Å². The van der Waals surface area contributed by atoms with Crippen molar-refractivity contribution in [3.8, 4) is 17.3 Å². The molecule has 1 saturated heterocycles. The predicted octanol–water partition coefficient (Wildman–Crippen LogP) is 2.24. The van der Waals surface area contributed by atoms with Crippen LogP contribution in [-0.2, 0) is 4.74 Å². The van der Waals surface area contributed by atoms with Gasteiger partial charge in [0, 0.05) is 31.4 Å². The summed E-state index contributed by atoms with van der Waals surface area (Å²) in [6, 6.07) is 7.86. The fraction of sp³-hybridized carbons (Fsp3) is 0.381. The molecule has 2 fully saturated rings. The summed E-state index contributed by atoms with van der Waals surface area (Å²) in [5.74, 6) is 2.17. The normalized spacial score (nSPS) is 21.8. The zero-order valence-electron chi connectivity index (χ0n) is 16.4. The van der Waals surface area contributed by atoms with E-state index in [1.165, 1.54) is 0 Å². The van der Waals surface area contributed by atoms with Gasteiger partial charge >= 0.3 is 0 Å². The Morgan fingerprint density at radius 2 is 1.97 bits per heavy atom. The van der Waals surface area contributed by atoms with Crippen molar-refractivity contribution in [2.75, 3.05) is 31.2 Å². The summed E-state index contributed by atoms with van der Waals surface area (Å²) in [7, 11) is 0. The minimum absolute atomic E-state index is 0.130. The van der Waals surface area contributed by atoms with E-state index in [4.69, 9.17) is 19.6 Å². The van der Waals surface area contributed by atoms with E-state index in [-0.39, 0.29) is 12.1 Å². The highest BCUT2D eigenvalue weighted by Crippen LogP contribution is 2.33. The Hall–Kier alpha value is -3.17. The third-order valence-electron chi connectivity index (χ3n) is 5.74. The van der Waals surface area contributed by atoms with Crippen LogP contribution in [-0.4, -0.2) is 58.0 Å². The Labute approximate surface area is 172 Å². The van der Waals surface area contributed by atoms with E-state index in [0.717, 1.165) is 54.1 Å². The van der Waals surface area contributed by atoms with Gasteiger partial charge in [-0.1, -0.05) is 0 Å². The van der Waals surface area contributed by atoms with Crippen LogP contribution in [0.1, 0.15) is 12.8 Å². The average Bonchev–Trinajstić information content (AvgIpc) is 3.36. The maximum Gasteiger partial charge on any atom is 0.232 e. The summed E-state index contributed by atoms with van der Waals surface area (Å²) in [5.41, 5.74) is 8.14. The number of fused-ring (bicyclic) bond motifs is 2. The molecule has 0 unspecified atom stereocenters. The van der Waals surface area contributed by atoms with Crippen LogP contribution in [0.5, 0.6) is 5.88 Å².